The molecule has 18 rings (SSSR count). The SMILES string of the molecule is Cc1ccc(S[C@@]2(C(=O)N3CCNC(=O)C3)CC(=O)N(Cc3ccc(Cl)cc3)[C@H]2c2c[nH]c3cc(Br)ccc23)cc1.O=C1C[C@@](Sc2ccccc2)(C(=O)NCCCN2CCOCC2)[C@H](c2c[nH]c3cc(F)ccc23)N1Cc1ccc(Cl)cc1.O=C1C[C@](Sc2ccccc2)(C(=O)NCCCN2CCOCC2)[C@H](c2c[nH]c3cc(F)ccc23)N1Cc1ccc(Cl)cc1. The minimum absolute atomic E-state index is 0.00392. The molecule has 6 atom stereocenters. The van der Waals surface area contributed by atoms with E-state index in [-0.39, 0.29) is 78.8 Å². The summed E-state index contributed by atoms with van der Waals surface area (Å²) in [5.41, 5.74) is 8.38. The number of fused-ring (bicyclic) bond motifs is 3. The topological polar surface area (TPSA) is 241 Å². The Morgan fingerprint density at radius 2 is 0.835 bits per heavy atom. The minimum Gasteiger partial charge on any atom is -0.379 e. The number of benzene rings is 9. The number of ether oxygens (including phenoxy) is 2. The van der Waals surface area contributed by atoms with Gasteiger partial charge in [-0.15, -0.1) is 35.3 Å². The first-order valence-corrected chi connectivity index (χ1v) is 46.8. The van der Waals surface area contributed by atoms with E-state index in [1.807, 2.05) is 182 Å². The van der Waals surface area contributed by atoms with Gasteiger partial charge in [-0.2, -0.15) is 0 Å². The van der Waals surface area contributed by atoms with Gasteiger partial charge in [0.25, 0.3) is 0 Å². The van der Waals surface area contributed by atoms with Crippen LogP contribution in [0.2, 0.25) is 15.1 Å². The van der Waals surface area contributed by atoms with Gasteiger partial charge >= 0.3 is 0 Å². The van der Waals surface area contributed by atoms with Crippen LogP contribution in [0.5, 0.6) is 0 Å². The van der Waals surface area contributed by atoms with Crippen LogP contribution in [-0.4, -0.2) is 198 Å². The first-order valence-electron chi connectivity index (χ1n) is 42.5. The zero-order chi connectivity index (χ0) is 88.4. The van der Waals surface area contributed by atoms with Crippen molar-refractivity contribution in [1.29, 1.82) is 0 Å². The van der Waals surface area contributed by atoms with Gasteiger partial charge in [0.15, 0.2) is 0 Å². The van der Waals surface area contributed by atoms with Crippen LogP contribution in [0.15, 0.2) is 250 Å². The van der Waals surface area contributed by atoms with Gasteiger partial charge in [-0.3, -0.25) is 43.4 Å². The Morgan fingerprint density at radius 1 is 0.465 bits per heavy atom. The molecule has 0 aliphatic carbocycles. The number of nitrogens with zero attached hydrogens (tertiary/aromatic N) is 6. The number of aryl methyl sites for hydroxylation is 1. The Hall–Kier alpha value is -10.0. The van der Waals surface area contributed by atoms with Gasteiger partial charge < -0.3 is 60.0 Å². The number of likely N-dealkylation sites (tertiary alicyclic amines) is 3. The van der Waals surface area contributed by atoms with E-state index in [9.17, 15) is 42.3 Å². The molecule has 658 valence electrons. The highest BCUT2D eigenvalue weighted by Crippen LogP contribution is 2.58. The van der Waals surface area contributed by atoms with Crippen LogP contribution < -0.4 is 16.0 Å². The smallest absolute Gasteiger partial charge is 0.242 e. The van der Waals surface area contributed by atoms with Crippen molar-refractivity contribution in [3.8, 4) is 0 Å². The quantitative estimate of drug-likeness (QED) is 0.0277. The highest BCUT2D eigenvalue weighted by atomic mass is 79.9. The Balaban J connectivity index is 0.000000140. The van der Waals surface area contributed by atoms with E-state index >= 15 is 0 Å². The molecule has 6 saturated heterocycles. The fourth-order valence-corrected chi connectivity index (χ4v) is 23.0. The molecular formula is C97H96BrCl3F2N12O9S3. The maximum absolute atomic E-state index is 14.7. The number of thioether (sulfide) groups is 3. The zero-order valence-electron chi connectivity index (χ0n) is 69.8. The van der Waals surface area contributed by atoms with Crippen molar-refractivity contribution in [2.45, 2.75) is 106 Å². The van der Waals surface area contributed by atoms with Crippen LogP contribution in [0, 0.1) is 18.6 Å². The van der Waals surface area contributed by atoms with E-state index < -0.39 is 32.4 Å². The molecule has 0 unspecified atom stereocenters. The molecule has 0 saturated carbocycles. The van der Waals surface area contributed by atoms with Crippen LogP contribution in [-0.2, 0) is 62.7 Å². The molecule has 6 N–H and O–H groups in total. The van der Waals surface area contributed by atoms with E-state index in [2.05, 4.69) is 56.6 Å². The largest absolute Gasteiger partial charge is 0.379 e. The summed E-state index contributed by atoms with van der Waals surface area (Å²) in [5, 5.41) is 13.5. The van der Waals surface area contributed by atoms with E-state index in [1.165, 1.54) is 59.6 Å². The average Bonchev–Trinajstić information content (AvgIpc) is 1.58. The van der Waals surface area contributed by atoms with Gasteiger partial charge in [0.05, 0.1) is 70.4 Å². The third-order valence-electron chi connectivity index (χ3n) is 24.1. The number of H-pyrrole nitrogens is 3. The van der Waals surface area contributed by atoms with Gasteiger partial charge in [0.2, 0.25) is 41.4 Å². The van der Waals surface area contributed by atoms with Crippen LogP contribution in [0.25, 0.3) is 32.7 Å². The highest BCUT2D eigenvalue weighted by molar-refractivity contribution is 9.10. The first kappa shape index (κ1) is 90.3. The van der Waals surface area contributed by atoms with Gasteiger partial charge in [0.1, 0.15) is 25.9 Å². The summed E-state index contributed by atoms with van der Waals surface area (Å²) in [6, 6.07) is 62.9. The van der Waals surface area contributed by atoms with Crippen molar-refractivity contribution in [2.24, 2.45) is 0 Å². The molecule has 6 fully saturated rings. The molecule has 6 aliphatic heterocycles. The number of morpholine rings is 2. The second-order valence-corrected chi connectivity index (χ2v) is 39.0. The van der Waals surface area contributed by atoms with Gasteiger partial charge in [0, 0.05) is 174 Å². The highest BCUT2D eigenvalue weighted by Gasteiger charge is 2.62. The number of hydrogen-bond acceptors (Lipinski definition) is 14. The normalized spacial score (nSPS) is 21.0. The lowest BCUT2D eigenvalue weighted by atomic mass is 9.90. The summed E-state index contributed by atoms with van der Waals surface area (Å²) in [5.74, 6) is -1.85. The van der Waals surface area contributed by atoms with Crippen molar-refractivity contribution in [1.82, 2.24) is 60.3 Å². The number of amides is 7. The molecule has 3 aromatic heterocycles. The third-order valence-corrected chi connectivity index (χ3v) is 29.6. The van der Waals surface area contributed by atoms with Crippen molar-refractivity contribution >= 4 is 160 Å². The zero-order valence-corrected chi connectivity index (χ0v) is 76.1. The van der Waals surface area contributed by atoms with Gasteiger partial charge in [-0.05, 0) is 171 Å². The molecule has 0 bridgehead atoms. The molecule has 7 amide bonds. The lowest BCUT2D eigenvalue weighted by Gasteiger charge is -2.40. The average molecular weight is 1890 g/mol. The second-order valence-electron chi connectivity index (χ2n) is 32.6. The standard InChI is InChI=1S/2C33H34ClFN4O3S.C31H28BrClN4O3S/c2*34-24-9-7-23(8-10-24)22-39-30(40)20-33(43-26-5-2-1-3-6-26,32(41)36-13-4-14-38-15-17-42-18-16-38)31(39)28-21-37-29-19-25(35)11-12-27(28)29;1-19-2-9-23(10-3-19)41-31(30(40)36-13-12-34-27(38)18-36)15-28(39)37(17-20-4-7-22(33)8-5-20)29(31)25-16-35-26-14-21(32)6-11-24(25)26/h2*1-3,5-12,19,21,31,37H,4,13-18,20,22H2,(H,36,41);2-11,14,16,29,35H,12-13,15,17-18H2,1H3,(H,34,38)/t31-,33+;31-,33-;29-,31-/m000/s1. The van der Waals surface area contributed by atoms with Gasteiger partial charge in [-0.1, -0.05) is 147 Å². The Morgan fingerprint density at radius 3 is 1.24 bits per heavy atom. The molecule has 21 nitrogen and oxygen atoms in total. The molecule has 127 heavy (non-hydrogen) atoms. The van der Waals surface area contributed by atoms with Crippen molar-refractivity contribution in [3.05, 3.63) is 301 Å². The van der Waals surface area contributed by atoms with Crippen LogP contribution in [0.1, 0.15) is 89.2 Å². The second kappa shape index (κ2) is 40.8. The van der Waals surface area contributed by atoms with E-state index in [0.29, 0.717) is 71.9 Å². The number of hydrogen-bond donors (Lipinski definition) is 6. The van der Waals surface area contributed by atoms with Crippen molar-refractivity contribution < 1.29 is 51.8 Å². The number of piperazine rings is 1. The van der Waals surface area contributed by atoms with Gasteiger partial charge in [-0.25, -0.2) is 8.78 Å². The molecule has 9 aromatic carbocycles. The monoisotopic (exact) mass is 1890 g/mol. The Labute approximate surface area is 771 Å². The predicted octanol–water partition coefficient (Wildman–Crippen LogP) is 17.5. The number of halogens is 6. The summed E-state index contributed by atoms with van der Waals surface area (Å²) in [7, 11) is 0. The Kier molecular flexibility index (Phi) is 29.0. The maximum Gasteiger partial charge on any atom is 0.242 e. The summed E-state index contributed by atoms with van der Waals surface area (Å²) in [4.78, 5) is 122. The van der Waals surface area contributed by atoms with Crippen molar-refractivity contribution in [2.75, 3.05) is 98.4 Å². The number of aromatic nitrogens is 3. The molecular weight excluding hydrogens is 1800 g/mol. The minimum atomic E-state index is -1.21. The summed E-state index contributed by atoms with van der Waals surface area (Å²) in [6.07, 6.45) is 7.17. The number of nitrogens with one attached hydrogen (secondary N) is 6. The summed E-state index contributed by atoms with van der Waals surface area (Å²) < 4.78 is 36.6. The maximum atomic E-state index is 14.7. The summed E-state index contributed by atoms with van der Waals surface area (Å²) in [6.45, 7) is 12.8. The lowest BCUT2D eigenvalue weighted by molar-refractivity contribution is -0.140. The van der Waals surface area contributed by atoms with Crippen LogP contribution in [0.3, 0.4) is 0 Å². The number of rotatable bonds is 26. The molecule has 0 spiro atoms. The van der Waals surface area contributed by atoms with E-state index in [0.717, 1.165) is 158 Å². The number of carbonyl (C=O) groups is 7. The van der Waals surface area contributed by atoms with Crippen molar-refractivity contribution in [3.63, 3.8) is 0 Å². The Bertz CT molecular complexity index is 5700. The van der Waals surface area contributed by atoms with Crippen LogP contribution in [0.4, 0.5) is 8.78 Å². The molecule has 12 aromatic rings. The van der Waals surface area contributed by atoms with Crippen LogP contribution >= 0.6 is 86.0 Å². The predicted molar refractivity (Wildman–Crippen MR) is 500 cm³/mol. The molecule has 6 aliphatic rings. The number of carbonyl (C=O) groups excluding carboxylic acids is 7. The third kappa shape index (κ3) is 20.7. The summed E-state index contributed by atoms with van der Waals surface area (Å²) >= 11 is 26.3. The first-order chi connectivity index (χ1) is 61.6. The molecule has 9 heterocycles. The fraction of sp³-hybridized carbons (Fsp3) is 0.309. The molecule has 0 radical (unpaired) electrons. The van der Waals surface area contributed by atoms with E-state index in [4.69, 9.17) is 44.3 Å². The molecule has 30 heteroatoms. The number of aromatic amines is 3. The fourth-order valence-electron chi connectivity index (χ4n) is 17.9. The van der Waals surface area contributed by atoms with E-state index in [1.54, 1.807) is 51.1 Å². The lowest BCUT2D eigenvalue weighted by Crippen LogP contribution is -2.57.